The SMILES string of the molecule is CN(Cc1ccc(Br)cc1Oc1ccc(F)c(Cl)c1)C(=O)CC1CS(=O)(=O)C2CN(Cc3ccccc3)CC12. The van der Waals surface area contributed by atoms with E-state index in [0.29, 0.717) is 31.1 Å². The Morgan fingerprint density at radius 2 is 1.90 bits per heavy atom. The third kappa shape index (κ3) is 6.48. The Bertz CT molecular complexity index is 1470. The zero-order chi connectivity index (χ0) is 27.7. The molecular weight excluding hydrogens is 607 g/mol. The van der Waals surface area contributed by atoms with E-state index in [9.17, 15) is 17.6 Å². The molecule has 0 aliphatic carbocycles. The van der Waals surface area contributed by atoms with Crippen molar-refractivity contribution in [2.24, 2.45) is 11.8 Å². The Morgan fingerprint density at radius 3 is 2.64 bits per heavy atom. The summed E-state index contributed by atoms with van der Waals surface area (Å²) >= 11 is 9.35. The van der Waals surface area contributed by atoms with Gasteiger partial charge >= 0.3 is 0 Å². The van der Waals surface area contributed by atoms with Crippen molar-refractivity contribution in [1.82, 2.24) is 9.80 Å². The third-order valence-electron chi connectivity index (χ3n) is 7.57. The molecule has 1 amide bonds. The minimum Gasteiger partial charge on any atom is -0.457 e. The van der Waals surface area contributed by atoms with Gasteiger partial charge in [0.15, 0.2) is 9.84 Å². The fourth-order valence-electron chi connectivity index (χ4n) is 5.58. The molecule has 0 spiro atoms. The molecule has 3 unspecified atom stereocenters. The number of benzene rings is 3. The quantitative estimate of drug-likeness (QED) is 0.307. The van der Waals surface area contributed by atoms with Gasteiger partial charge in [0.05, 0.1) is 16.0 Å². The standard InChI is InChI=1S/C29H29BrClFN2O4S/c1-33(15-20-7-8-22(30)12-27(20)38-23-9-10-26(32)25(31)13-23)29(35)11-21-18-39(36,37)28-17-34(16-24(21)28)14-19-5-3-2-4-6-19/h2-10,12-13,21,24,28H,11,14-18H2,1H3. The zero-order valence-electron chi connectivity index (χ0n) is 21.4. The molecule has 0 radical (unpaired) electrons. The van der Waals surface area contributed by atoms with E-state index in [1.807, 2.05) is 42.5 Å². The Balaban J connectivity index is 1.25. The van der Waals surface area contributed by atoms with Crippen LogP contribution in [0.1, 0.15) is 17.5 Å². The summed E-state index contributed by atoms with van der Waals surface area (Å²) in [4.78, 5) is 17.1. The van der Waals surface area contributed by atoms with Crippen LogP contribution in [0.15, 0.2) is 71.2 Å². The molecule has 206 valence electrons. The van der Waals surface area contributed by atoms with Crippen molar-refractivity contribution in [3.8, 4) is 11.5 Å². The van der Waals surface area contributed by atoms with Crippen LogP contribution in [0.3, 0.4) is 0 Å². The van der Waals surface area contributed by atoms with Gasteiger partial charge in [0, 0.05) is 55.8 Å². The molecule has 2 saturated heterocycles. The van der Waals surface area contributed by atoms with Crippen LogP contribution in [-0.2, 0) is 27.7 Å². The summed E-state index contributed by atoms with van der Waals surface area (Å²) in [5.74, 6) is 0.0184. The summed E-state index contributed by atoms with van der Waals surface area (Å²) in [6.07, 6.45) is 0.177. The number of carbonyl (C=O) groups is 1. The van der Waals surface area contributed by atoms with E-state index in [1.54, 1.807) is 18.0 Å². The normalized spacial score (nSPS) is 22.0. The molecule has 0 saturated carbocycles. The highest BCUT2D eigenvalue weighted by Gasteiger charge is 2.52. The number of fused-ring (bicyclic) bond motifs is 1. The number of amides is 1. The number of hydrogen-bond donors (Lipinski definition) is 0. The molecule has 0 bridgehead atoms. The Hall–Kier alpha value is -2.46. The lowest BCUT2D eigenvalue weighted by Crippen LogP contribution is -2.31. The van der Waals surface area contributed by atoms with Gasteiger partial charge in [-0.25, -0.2) is 12.8 Å². The van der Waals surface area contributed by atoms with E-state index in [-0.39, 0.29) is 41.5 Å². The number of hydrogen-bond acceptors (Lipinski definition) is 5. The number of sulfone groups is 1. The molecular formula is C29H29BrClFN2O4S. The maximum Gasteiger partial charge on any atom is 0.222 e. The maximum atomic E-state index is 13.6. The average Bonchev–Trinajstić information content (AvgIpc) is 3.41. The third-order valence-corrected chi connectivity index (χ3v) is 10.7. The van der Waals surface area contributed by atoms with E-state index in [4.69, 9.17) is 16.3 Å². The number of likely N-dealkylation sites (tertiary alicyclic amines) is 1. The summed E-state index contributed by atoms with van der Waals surface area (Å²) < 4.78 is 46.3. The summed E-state index contributed by atoms with van der Waals surface area (Å²) in [5, 5.41) is -0.464. The minimum absolute atomic E-state index is 0.0459. The first-order valence-electron chi connectivity index (χ1n) is 12.7. The van der Waals surface area contributed by atoms with Crippen LogP contribution in [0.2, 0.25) is 5.02 Å². The van der Waals surface area contributed by atoms with E-state index in [2.05, 4.69) is 20.8 Å². The van der Waals surface area contributed by atoms with E-state index in [1.165, 1.54) is 18.2 Å². The topological polar surface area (TPSA) is 66.9 Å². The molecule has 3 atom stereocenters. The number of halogens is 3. The molecule has 2 heterocycles. The van der Waals surface area contributed by atoms with E-state index >= 15 is 0 Å². The van der Waals surface area contributed by atoms with E-state index < -0.39 is 20.9 Å². The highest BCUT2D eigenvalue weighted by Crippen LogP contribution is 2.40. The first kappa shape index (κ1) is 28.1. The van der Waals surface area contributed by atoms with Gasteiger partial charge in [0.1, 0.15) is 17.3 Å². The van der Waals surface area contributed by atoms with Crippen LogP contribution >= 0.6 is 27.5 Å². The molecule has 2 fully saturated rings. The number of carbonyl (C=O) groups excluding carboxylic acids is 1. The van der Waals surface area contributed by atoms with Gasteiger partial charge in [-0.05, 0) is 41.7 Å². The number of ether oxygens (including phenoxy) is 1. The molecule has 3 aromatic rings. The molecule has 10 heteroatoms. The van der Waals surface area contributed by atoms with Gasteiger partial charge < -0.3 is 9.64 Å². The van der Waals surface area contributed by atoms with Crippen molar-refractivity contribution in [3.63, 3.8) is 0 Å². The Kier molecular flexibility index (Phi) is 8.33. The first-order chi connectivity index (χ1) is 18.6. The predicted molar refractivity (Wildman–Crippen MR) is 153 cm³/mol. The summed E-state index contributed by atoms with van der Waals surface area (Å²) in [5.41, 5.74) is 1.90. The zero-order valence-corrected chi connectivity index (χ0v) is 24.6. The molecule has 0 aromatic heterocycles. The second-order valence-electron chi connectivity index (χ2n) is 10.4. The van der Waals surface area contributed by atoms with Gasteiger partial charge in [0.2, 0.25) is 5.91 Å². The molecule has 2 aliphatic rings. The maximum absolute atomic E-state index is 13.6. The van der Waals surface area contributed by atoms with Crippen LogP contribution in [0, 0.1) is 17.7 Å². The highest BCUT2D eigenvalue weighted by atomic mass is 79.9. The van der Waals surface area contributed by atoms with Gasteiger partial charge in [-0.2, -0.15) is 0 Å². The van der Waals surface area contributed by atoms with Gasteiger partial charge in [-0.15, -0.1) is 0 Å². The largest absolute Gasteiger partial charge is 0.457 e. The van der Waals surface area contributed by atoms with Crippen LogP contribution in [0.25, 0.3) is 0 Å². The lowest BCUT2D eigenvalue weighted by Gasteiger charge is -2.23. The first-order valence-corrected chi connectivity index (χ1v) is 15.6. The summed E-state index contributed by atoms with van der Waals surface area (Å²) in [7, 11) is -1.55. The van der Waals surface area contributed by atoms with E-state index in [0.717, 1.165) is 15.6 Å². The smallest absolute Gasteiger partial charge is 0.222 e. The molecule has 6 nitrogen and oxygen atoms in total. The van der Waals surface area contributed by atoms with Crippen LogP contribution in [0.5, 0.6) is 11.5 Å². The van der Waals surface area contributed by atoms with Crippen molar-refractivity contribution in [2.75, 3.05) is 25.9 Å². The Morgan fingerprint density at radius 1 is 1.13 bits per heavy atom. The molecule has 5 rings (SSSR count). The van der Waals surface area contributed by atoms with Crippen LogP contribution in [-0.4, -0.2) is 55.3 Å². The van der Waals surface area contributed by atoms with Gasteiger partial charge in [-0.3, -0.25) is 9.69 Å². The molecule has 39 heavy (non-hydrogen) atoms. The van der Waals surface area contributed by atoms with Gasteiger partial charge in [-0.1, -0.05) is 63.9 Å². The highest BCUT2D eigenvalue weighted by molar-refractivity contribution is 9.10. The monoisotopic (exact) mass is 634 g/mol. The molecule has 2 aliphatic heterocycles. The second kappa shape index (κ2) is 11.6. The van der Waals surface area contributed by atoms with Crippen molar-refractivity contribution >= 4 is 43.3 Å². The van der Waals surface area contributed by atoms with Crippen LogP contribution < -0.4 is 4.74 Å². The summed E-state index contributed by atoms with van der Waals surface area (Å²) in [6, 6.07) is 19.6. The Labute approximate surface area is 241 Å². The second-order valence-corrected chi connectivity index (χ2v) is 13.9. The van der Waals surface area contributed by atoms with Crippen molar-refractivity contribution in [3.05, 3.63) is 93.2 Å². The molecule has 0 N–H and O–H groups in total. The fourth-order valence-corrected chi connectivity index (χ4v) is 8.58. The lowest BCUT2D eigenvalue weighted by molar-refractivity contribution is -0.131. The minimum atomic E-state index is -3.26. The predicted octanol–water partition coefficient (Wildman–Crippen LogP) is 5.93. The van der Waals surface area contributed by atoms with Crippen LogP contribution in [0.4, 0.5) is 4.39 Å². The lowest BCUT2D eigenvalue weighted by atomic mass is 9.90. The summed E-state index contributed by atoms with van der Waals surface area (Å²) in [6.45, 7) is 2.15. The average molecular weight is 636 g/mol. The number of rotatable bonds is 8. The molecule has 3 aromatic carbocycles. The fraction of sp³-hybridized carbons (Fsp3) is 0.345. The van der Waals surface area contributed by atoms with Crippen molar-refractivity contribution in [1.29, 1.82) is 0 Å². The number of nitrogens with zero attached hydrogens (tertiary/aromatic N) is 2. The van der Waals surface area contributed by atoms with Gasteiger partial charge in [0.25, 0.3) is 0 Å². The van der Waals surface area contributed by atoms with Crippen molar-refractivity contribution < 1.29 is 22.3 Å². The van der Waals surface area contributed by atoms with Crippen molar-refractivity contribution in [2.45, 2.75) is 24.8 Å².